The second kappa shape index (κ2) is 8.42. The van der Waals surface area contributed by atoms with Gasteiger partial charge in [0.15, 0.2) is 6.10 Å². The Kier molecular flexibility index (Phi) is 6.28. The summed E-state index contributed by atoms with van der Waals surface area (Å²) in [4.78, 5) is 13.1. The van der Waals surface area contributed by atoms with Gasteiger partial charge in [-0.1, -0.05) is 25.5 Å². The largest absolute Gasteiger partial charge is 0.496 e. The molecule has 0 fully saturated rings. The third-order valence-electron chi connectivity index (χ3n) is 4.01. The molecule has 0 radical (unpaired) electrons. The second-order valence-corrected chi connectivity index (χ2v) is 5.82. The van der Waals surface area contributed by atoms with E-state index in [0.717, 1.165) is 12.0 Å². The highest BCUT2D eigenvalue weighted by Crippen LogP contribution is 2.31. The summed E-state index contributed by atoms with van der Waals surface area (Å²) < 4.78 is 16.7. The average Bonchev–Trinajstić information content (AvgIpc) is 2.62. The number of para-hydroxylation sites is 2. The SMILES string of the molecule is CCCC(Oc1ccccc1N)C(=O)c1cc(OC)c(C)cc1OC. The van der Waals surface area contributed by atoms with E-state index in [9.17, 15) is 4.79 Å². The number of hydrogen-bond donors (Lipinski definition) is 1. The fourth-order valence-corrected chi connectivity index (χ4v) is 2.66. The first-order valence-corrected chi connectivity index (χ1v) is 8.29. The van der Waals surface area contributed by atoms with Gasteiger partial charge in [-0.15, -0.1) is 0 Å². The lowest BCUT2D eigenvalue weighted by atomic mass is 9.99. The van der Waals surface area contributed by atoms with E-state index in [-0.39, 0.29) is 5.78 Å². The van der Waals surface area contributed by atoms with Crippen LogP contribution in [0.3, 0.4) is 0 Å². The van der Waals surface area contributed by atoms with Crippen molar-refractivity contribution >= 4 is 11.5 Å². The number of ether oxygens (including phenoxy) is 3. The van der Waals surface area contributed by atoms with Crippen molar-refractivity contribution in [1.82, 2.24) is 0 Å². The Bertz CT molecular complexity index is 742. The molecule has 5 heteroatoms. The lowest BCUT2D eigenvalue weighted by Gasteiger charge is -2.20. The van der Waals surface area contributed by atoms with E-state index in [1.807, 2.05) is 26.0 Å². The zero-order valence-electron chi connectivity index (χ0n) is 15.2. The van der Waals surface area contributed by atoms with Crippen LogP contribution in [0.1, 0.15) is 35.7 Å². The van der Waals surface area contributed by atoms with E-state index in [1.54, 1.807) is 38.5 Å². The number of methoxy groups -OCH3 is 2. The van der Waals surface area contributed by atoms with Crippen molar-refractivity contribution in [3.63, 3.8) is 0 Å². The normalized spacial score (nSPS) is 11.7. The van der Waals surface area contributed by atoms with Crippen LogP contribution < -0.4 is 19.9 Å². The zero-order valence-corrected chi connectivity index (χ0v) is 15.2. The lowest BCUT2D eigenvalue weighted by molar-refractivity contribution is 0.0775. The minimum atomic E-state index is -0.643. The number of anilines is 1. The molecule has 2 aromatic rings. The maximum Gasteiger partial charge on any atom is 0.207 e. The van der Waals surface area contributed by atoms with Gasteiger partial charge in [-0.3, -0.25) is 4.79 Å². The molecule has 0 saturated carbocycles. The highest BCUT2D eigenvalue weighted by atomic mass is 16.5. The first-order chi connectivity index (χ1) is 12.0. The molecule has 2 rings (SSSR count). The smallest absolute Gasteiger partial charge is 0.207 e. The minimum Gasteiger partial charge on any atom is -0.496 e. The molecule has 1 atom stereocenters. The molecule has 0 aliphatic heterocycles. The number of carbonyl (C=O) groups is 1. The Morgan fingerprint density at radius 1 is 1.08 bits per heavy atom. The molecule has 0 bridgehead atoms. The first kappa shape index (κ1) is 18.6. The summed E-state index contributed by atoms with van der Waals surface area (Å²) in [6.45, 7) is 3.91. The molecule has 0 aliphatic carbocycles. The molecule has 0 aromatic heterocycles. The Morgan fingerprint density at radius 3 is 2.36 bits per heavy atom. The van der Waals surface area contributed by atoms with Crippen molar-refractivity contribution in [1.29, 1.82) is 0 Å². The van der Waals surface area contributed by atoms with Crippen LogP contribution in [0.25, 0.3) is 0 Å². The van der Waals surface area contributed by atoms with Gasteiger partial charge in [0, 0.05) is 0 Å². The summed E-state index contributed by atoms with van der Waals surface area (Å²) >= 11 is 0. The standard InChI is InChI=1S/C20H25NO4/c1-5-8-17(25-16-10-7-6-9-15(16)21)20(22)14-12-18(23-3)13(2)11-19(14)24-4/h6-7,9-12,17H,5,8,21H2,1-4H3. The maximum absolute atomic E-state index is 13.1. The Labute approximate surface area is 148 Å². The van der Waals surface area contributed by atoms with Crippen molar-refractivity contribution in [2.24, 2.45) is 0 Å². The maximum atomic E-state index is 13.1. The lowest BCUT2D eigenvalue weighted by Crippen LogP contribution is -2.28. The van der Waals surface area contributed by atoms with Gasteiger partial charge in [-0.25, -0.2) is 0 Å². The summed E-state index contributed by atoms with van der Waals surface area (Å²) in [7, 11) is 3.12. The predicted molar refractivity (Wildman–Crippen MR) is 98.8 cm³/mol. The Morgan fingerprint density at radius 2 is 1.76 bits per heavy atom. The van der Waals surface area contributed by atoms with Crippen molar-refractivity contribution in [2.75, 3.05) is 20.0 Å². The predicted octanol–water partition coefficient (Wildman–Crippen LogP) is 4.02. The van der Waals surface area contributed by atoms with Crippen LogP contribution in [-0.2, 0) is 0 Å². The van der Waals surface area contributed by atoms with E-state index in [2.05, 4.69) is 0 Å². The summed E-state index contributed by atoms with van der Waals surface area (Å²) in [6.07, 6.45) is 0.733. The molecular weight excluding hydrogens is 318 g/mol. The number of ketones is 1. The number of nitrogens with two attached hydrogens (primary N) is 1. The molecule has 1 unspecified atom stereocenters. The third-order valence-corrected chi connectivity index (χ3v) is 4.01. The van der Waals surface area contributed by atoms with Gasteiger partial charge in [0.05, 0.1) is 25.5 Å². The summed E-state index contributed by atoms with van der Waals surface area (Å²) in [5.41, 5.74) is 7.79. The highest BCUT2D eigenvalue weighted by Gasteiger charge is 2.26. The molecule has 5 nitrogen and oxygen atoms in total. The van der Waals surface area contributed by atoms with Crippen LogP contribution in [0.5, 0.6) is 17.2 Å². The average molecular weight is 343 g/mol. The van der Waals surface area contributed by atoms with Crippen LogP contribution in [0.4, 0.5) is 5.69 Å². The van der Waals surface area contributed by atoms with Crippen molar-refractivity contribution < 1.29 is 19.0 Å². The second-order valence-electron chi connectivity index (χ2n) is 5.82. The molecule has 0 amide bonds. The van der Waals surface area contributed by atoms with Gasteiger partial charge in [-0.2, -0.15) is 0 Å². The van der Waals surface area contributed by atoms with E-state index >= 15 is 0 Å². The molecular formula is C20H25NO4. The van der Waals surface area contributed by atoms with Crippen LogP contribution in [-0.4, -0.2) is 26.1 Å². The first-order valence-electron chi connectivity index (χ1n) is 8.29. The van der Waals surface area contributed by atoms with E-state index in [4.69, 9.17) is 19.9 Å². The Hall–Kier alpha value is -2.69. The van der Waals surface area contributed by atoms with Gasteiger partial charge >= 0.3 is 0 Å². The quantitative estimate of drug-likeness (QED) is 0.579. The number of nitrogen functional groups attached to an aromatic ring is 1. The van der Waals surface area contributed by atoms with Gasteiger partial charge in [0.25, 0.3) is 0 Å². The molecule has 2 N–H and O–H groups in total. The van der Waals surface area contributed by atoms with Gasteiger partial charge in [-0.05, 0) is 43.2 Å². The van der Waals surface area contributed by atoms with Crippen LogP contribution in [0, 0.1) is 6.92 Å². The fourth-order valence-electron chi connectivity index (χ4n) is 2.66. The molecule has 0 aliphatic rings. The molecule has 0 spiro atoms. The molecule has 134 valence electrons. The topological polar surface area (TPSA) is 70.8 Å². The van der Waals surface area contributed by atoms with E-state index < -0.39 is 6.10 Å². The molecule has 25 heavy (non-hydrogen) atoms. The number of Topliss-reactive ketones (excluding diaryl/α,β-unsaturated/α-hetero) is 1. The number of hydrogen-bond acceptors (Lipinski definition) is 5. The number of aryl methyl sites for hydroxylation is 1. The van der Waals surface area contributed by atoms with Crippen LogP contribution in [0.2, 0.25) is 0 Å². The monoisotopic (exact) mass is 343 g/mol. The van der Waals surface area contributed by atoms with Crippen molar-refractivity contribution in [2.45, 2.75) is 32.8 Å². The number of benzene rings is 2. The fraction of sp³-hybridized carbons (Fsp3) is 0.350. The van der Waals surface area contributed by atoms with Gasteiger partial charge in [0.1, 0.15) is 17.2 Å². The summed E-state index contributed by atoms with van der Waals surface area (Å²) in [5.74, 6) is 1.50. The highest BCUT2D eigenvalue weighted by molar-refractivity contribution is 6.02. The van der Waals surface area contributed by atoms with Gasteiger partial charge < -0.3 is 19.9 Å². The van der Waals surface area contributed by atoms with E-state index in [0.29, 0.717) is 34.9 Å². The van der Waals surface area contributed by atoms with E-state index in [1.165, 1.54) is 0 Å². The Balaban J connectivity index is 2.38. The van der Waals surface area contributed by atoms with Crippen molar-refractivity contribution in [3.8, 4) is 17.2 Å². The van der Waals surface area contributed by atoms with Gasteiger partial charge in [0.2, 0.25) is 5.78 Å². The molecule has 0 heterocycles. The molecule has 2 aromatic carbocycles. The van der Waals surface area contributed by atoms with Crippen LogP contribution in [0.15, 0.2) is 36.4 Å². The number of rotatable bonds is 8. The third kappa shape index (κ3) is 4.24. The molecule has 0 saturated heterocycles. The van der Waals surface area contributed by atoms with Crippen molar-refractivity contribution in [3.05, 3.63) is 47.5 Å². The zero-order chi connectivity index (χ0) is 18.4. The number of carbonyl (C=O) groups excluding carboxylic acids is 1. The summed E-state index contributed by atoms with van der Waals surface area (Å²) in [5, 5.41) is 0. The summed E-state index contributed by atoms with van der Waals surface area (Å²) in [6, 6.07) is 10.7. The van der Waals surface area contributed by atoms with Crippen LogP contribution >= 0.6 is 0 Å². The minimum absolute atomic E-state index is 0.153.